The van der Waals surface area contributed by atoms with Gasteiger partial charge in [-0.25, -0.2) is 0 Å². The topological polar surface area (TPSA) is 55.8 Å². The fourth-order valence-corrected chi connectivity index (χ4v) is 8.39. The molecule has 0 aliphatic heterocycles. The lowest BCUT2D eigenvalue weighted by molar-refractivity contribution is -0.119. The van der Waals surface area contributed by atoms with Crippen molar-refractivity contribution in [2.45, 2.75) is 33.1 Å². The number of ether oxygens (including phenoxy) is 1. The van der Waals surface area contributed by atoms with E-state index in [1.165, 1.54) is 0 Å². The van der Waals surface area contributed by atoms with Crippen LogP contribution in [0.15, 0.2) is 12.2 Å². The number of Topliss-reactive ketones (excluding diaryl/α,β-unsaturated/α-hetero) is 1. The fraction of sp³-hybridized carbons (Fsp3) is 0.727. The van der Waals surface area contributed by atoms with Crippen LogP contribution in [0.3, 0.4) is 0 Å². The number of aliphatic hydroxyl groups is 1. The SMILES string of the molecule is C=C(C)C(=O)COC[Si](C)(C)O[Si](C)(C)CO. The van der Waals surface area contributed by atoms with Gasteiger partial charge in [0.2, 0.25) is 0 Å². The third-order valence-corrected chi connectivity index (χ3v) is 8.17. The molecule has 0 heterocycles. The fourth-order valence-electron chi connectivity index (χ4n) is 1.32. The molecular weight excluding hydrogens is 252 g/mol. The molecule has 6 heteroatoms. The van der Waals surface area contributed by atoms with Crippen LogP contribution in [0.2, 0.25) is 26.2 Å². The number of rotatable bonds is 8. The van der Waals surface area contributed by atoms with E-state index in [2.05, 4.69) is 6.58 Å². The van der Waals surface area contributed by atoms with Crippen LogP contribution in [0.5, 0.6) is 0 Å². The average Bonchev–Trinajstić information content (AvgIpc) is 2.15. The molecule has 100 valence electrons. The number of hydrogen-bond donors (Lipinski definition) is 1. The van der Waals surface area contributed by atoms with Crippen LogP contribution >= 0.6 is 0 Å². The first kappa shape index (κ1) is 16.7. The molecule has 0 radical (unpaired) electrons. The quantitative estimate of drug-likeness (QED) is 0.541. The molecule has 0 aromatic heterocycles. The van der Waals surface area contributed by atoms with Crippen molar-refractivity contribution >= 4 is 22.4 Å². The summed E-state index contributed by atoms with van der Waals surface area (Å²) in [6.07, 6.45) is 0.566. The monoisotopic (exact) mass is 276 g/mol. The summed E-state index contributed by atoms with van der Waals surface area (Å²) in [6.45, 7) is 13.3. The first-order valence-corrected chi connectivity index (χ1v) is 11.9. The van der Waals surface area contributed by atoms with Crippen molar-refractivity contribution in [3.05, 3.63) is 12.2 Å². The van der Waals surface area contributed by atoms with Gasteiger partial charge < -0.3 is 14.0 Å². The predicted molar refractivity (Wildman–Crippen MR) is 73.8 cm³/mol. The Morgan fingerprint density at radius 3 is 2.18 bits per heavy atom. The summed E-state index contributed by atoms with van der Waals surface area (Å²) in [5.74, 6) is -0.0755. The lowest BCUT2D eigenvalue weighted by Gasteiger charge is -2.32. The van der Waals surface area contributed by atoms with E-state index in [1.807, 2.05) is 26.2 Å². The third-order valence-electron chi connectivity index (χ3n) is 2.09. The minimum atomic E-state index is -1.98. The second-order valence-electron chi connectivity index (χ2n) is 5.48. The second-order valence-corrected chi connectivity index (χ2v) is 13.9. The van der Waals surface area contributed by atoms with Gasteiger partial charge in [0.15, 0.2) is 22.4 Å². The molecule has 0 aromatic carbocycles. The Hall–Kier alpha value is -0.276. The summed E-state index contributed by atoms with van der Waals surface area (Å²) in [5.41, 5.74) is 0.510. The maximum atomic E-state index is 11.3. The predicted octanol–water partition coefficient (Wildman–Crippen LogP) is 1.65. The summed E-state index contributed by atoms with van der Waals surface area (Å²) in [4.78, 5) is 11.3. The maximum Gasteiger partial charge on any atom is 0.199 e. The summed E-state index contributed by atoms with van der Waals surface area (Å²) >= 11 is 0. The normalized spacial score (nSPS) is 12.6. The van der Waals surface area contributed by atoms with Gasteiger partial charge in [-0.3, -0.25) is 4.79 Å². The molecule has 0 spiro atoms. The highest BCUT2D eigenvalue weighted by Crippen LogP contribution is 2.14. The lowest BCUT2D eigenvalue weighted by Crippen LogP contribution is -2.50. The lowest BCUT2D eigenvalue weighted by atomic mass is 10.2. The molecular formula is C11H24O4Si2. The molecule has 1 N–H and O–H groups in total. The Labute approximate surface area is 106 Å². The minimum absolute atomic E-state index is 0.0657. The Bertz CT molecular complexity index is 287. The Morgan fingerprint density at radius 1 is 1.24 bits per heavy atom. The molecule has 0 amide bonds. The van der Waals surface area contributed by atoms with Crippen LogP contribution in [0.1, 0.15) is 6.92 Å². The van der Waals surface area contributed by atoms with Gasteiger partial charge in [-0.15, -0.1) is 0 Å². The standard InChI is InChI=1S/C11H24O4Si2/c1-10(2)11(13)7-14-9-17(5,6)15-16(3,4)8-12/h12H,1,7-9H2,2-6H3. The third kappa shape index (κ3) is 7.61. The van der Waals surface area contributed by atoms with E-state index in [1.54, 1.807) is 6.92 Å². The first-order valence-electron chi connectivity index (χ1n) is 5.67. The van der Waals surface area contributed by atoms with Gasteiger partial charge in [0, 0.05) is 0 Å². The highest BCUT2D eigenvalue weighted by atomic mass is 28.4. The number of ketones is 1. The Balaban J connectivity index is 4.10. The smallest absolute Gasteiger partial charge is 0.199 e. The van der Waals surface area contributed by atoms with E-state index in [9.17, 15) is 9.90 Å². The molecule has 0 rings (SSSR count). The van der Waals surface area contributed by atoms with Crippen LogP contribution in [-0.2, 0) is 13.6 Å². The zero-order valence-electron chi connectivity index (χ0n) is 11.5. The molecule has 0 saturated heterocycles. The van der Waals surface area contributed by atoms with Crippen molar-refractivity contribution in [2.24, 2.45) is 0 Å². The van der Waals surface area contributed by atoms with E-state index in [0.29, 0.717) is 11.8 Å². The second kappa shape index (κ2) is 6.60. The molecule has 0 atom stereocenters. The van der Waals surface area contributed by atoms with E-state index in [0.717, 1.165) is 0 Å². The zero-order chi connectivity index (χ0) is 13.7. The van der Waals surface area contributed by atoms with Gasteiger partial charge in [-0.05, 0) is 38.7 Å². The van der Waals surface area contributed by atoms with Gasteiger partial charge in [0.1, 0.15) is 6.61 Å². The van der Waals surface area contributed by atoms with Crippen LogP contribution in [0, 0.1) is 0 Å². The van der Waals surface area contributed by atoms with Crippen LogP contribution < -0.4 is 0 Å². The average molecular weight is 276 g/mol. The van der Waals surface area contributed by atoms with Gasteiger partial charge in [0.25, 0.3) is 0 Å². The summed E-state index contributed by atoms with van der Waals surface area (Å²) in [7, 11) is -3.94. The first-order chi connectivity index (χ1) is 7.59. The van der Waals surface area contributed by atoms with Crippen molar-refractivity contribution in [3.8, 4) is 0 Å². The summed E-state index contributed by atoms with van der Waals surface area (Å²) in [5, 5.41) is 9.20. The van der Waals surface area contributed by atoms with Crippen molar-refractivity contribution in [1.29, 1.82) is 0 Å². The Morgan fingerprint density at radius 2 is 1.76 bits per heavy atom. The van der Waals surface area contributed by atoms with Gasteiger partial charge in [0.05, 0.1) is 12.5 Å². The van der Waals surface area contributed by atoms with E-state index >= 15 is 0 Å². The maximum absolute atomic E-state index is 11.3. The zero-order valence-corrected chi connectivity index (χ0v) is 13.5. The molecule has 0 fully saturated rings. The number of aliphatic hydroxyl groups excluding tert-OH is 1. The van der Waals surface area contributed by atoms with Crippen molar-refractivity contribution in [1.82, 2.24) is 0 Å². The van der Waals surface area contributed by atoms with Crippen LogP contribution in [0.4, 0.5) is 0 Å². The molecule has 0 aliphatic carbocycles. The van der Waals surface area contributed by atoms with Crippen molar-refractivity contribution in [2.75, 3.05) is 19.1 Å². The molecule has 0 unspecified atom stereocenters. The minimum Gasteiger partial charge on any atom is -0.453 e. The molecule has 0 aliphatic rings. The number of carbonyl (C=O) groups excluding carboxylic acids is 1. The Kier molecular flexibility index (Phi) is 6.49. The van der Waals surface area contributed by atoms with E-state index in [4.69, 9.17) is 8.85 Å². The van der Waals surface area contributed by atoms with E-state index in [-0.39, 0.29) is 18.6 Å². The molecule has 17 heavy (non-hydrogen) atoms. The van der Waals surface area contributed by atoms with Gasteiger partial charge >= 0.3 is 0 Å². The molecule has 0 bridgehead atoms. The summed E-state index contributed by atoms with van der Waals surface area (Å²) < 4.78 is 11.4. The highest BCUT2D eigenvalue weighted by Gasteiger charge is 2.32. The molecule has 0 aromatic rings. The number of carbonyl (C=O) groups is 1. The van der Waals surface area contributed by atoms with Gasteiger partial charge in [-0.2, -0.15) is 0 Å². The molecule has 4 nitrogen and oxygen atoms in total. The summed E-state index contributed by atoms with van der Waals surface area (Å²) in [6, 6.07) is 0. The van der Waals surface area contributed by atoms with Crippen LogP contribution in [-0.4, -0.2) is 46.6 Å². The van der Waals surface area contributed by atoms with Crippen molar-refractivity contribution in [3.63, 3.8) is 0 Å². The van der Waals surface area contributed by atoms with Crippen LogP contribution in [0.25, 0.3) is 0 Å². The van der Waals surface area contributed by atoms with Crippen molar-refractivity contribution < 1.29 is 18.8 Å². The van der Waals surface area contributed by atoms with E-state index < -0.39 is 16.6 Å². The molecule has 0 saturated carbocycles. The highest BCUT2D eigenvalue weighted by molar-refractivity contribution is 6.84. The number of hydrogen-bond acceptors (Lipinski definition) is 4. The largest absolute Gasteiger partial charge is 0.453 e. The van der Waals surface area contributed by atoms with Gasteiger partial charge in [-0.1, -0.05) is 6.58 Å².